The number of hydrogen-bond donors (Lipinski definition) is 1. The van der Waals surface area contributed by atoms with E-state index in [1.54, 1.807) is 13.1 Å². The molecule has 0 aliphatic carbocycles. The second-order valence-corrected chi connectivity index (χ2v) is 8.36. The third-order valence-corrected chi connectivity index (χ3v) is 6.05. The molecule has 2 aliphatic rings. The van der Waals surface area contributed by atoms with E-state index in [0.29, 0.717) is 31.3 Å². The van der Waals surface area contributed by atoms with Gasteiger partial charge in [0.25, 0.3) is 5.91 Å². The second kappa shape index (κ2) is 7.72. The van der Waals surface area contributed by atoms with Crippen molar-refractivity contribution in [3.63, 3.8) is 0 Å². The SMILES string of the molecule is CN(CC(N)=O)C(=O)c1ccc2c(c1)N(c1ncc(-c3ccccc3)cn1)CC21COC1. The number of benzene rings is 2. The van der Waals surface area contributed by atoms with Crippen LogP contribution in [0.25, 0.3) is 11.1 Å². The summed E-state index contributed by atoms with van der Waals surface area (Å²) in [6.45, 7) is 1.78. The largest absolute Gasteiger partial charge is 0.379 e. The molecule has 1 spiro atoms. The predicted octanol–water partition coefficient (Wildman–Crippen LogP) is 2.12. The first-order valence-electron chi connectivity index (χ1n) is 10.4. The lowest BCUT2D eigenvalue weighted by molar-refractivity contribution is -0.118. The van der Waals surface area contributed by atoms with Crippen LogP contribution in [0.5, 0.6) is 0 Å². The summed E-state index contributed by atoms with van der Waals surface area (Å²) in [7, 11) is 1.56. The minimum absolute atomic E-state index is 0.127. The molecule has 8 heteroatoms. The van der Waals surface area contributed by atoms with Gasteiger partial charge in [-0.25, -0.2) is 9.97 Å². The van der Waals surface area contributed by atoms with Crippen LogP contribution in [-0.4, -0.2) is 60.0 Å². The van der Waals surface area contributed by atoms with Gasteiger partial charge in [-0.1, -0.05) is 36.4 Å². The molecule has 3 heterocycles. The topological polar surface area (TPSA) is 102 Å². The van der Waals surface area contributed by atoms with Crippen molar-refractivity contribution in [2.75, 3.05) is 38.3 Å². The highest BCUT2D eigenvalue weighted by Crippen LogP contribution is 2.47. The van der Waals surface area contributed by atoms with E-state index < -0.39 is 5.91 Å². The Morgan fingerprint density at radius 1 is 1.09 bits per heavy atom. The number of anilines is 2. The standard InChI is InChI=1S/C24H23N5O3/c1-28(12-21(25)30)22(31)17-7-8-19-20(9-17)29(13-24(19)14-32-15-24)23-26-10-18(11-27-23)16-5-3-2-4-6-16/h2-11H,12-15H2,1H3,(H2,25,30). The van der Waals surface area contributed by atoms with Crippen LogP contribution in [0.2, 0.25) is 0 Å². The molecule has 2 aliphatic heterocycles. The molecule has 1 fully saturated rings. The normalized spacial score (nSPS) is 15.8. The van der Waals surface area contributed by atoms with Gasteiger partial charge >= 0.3 is 0 Å². The number of amides is 2. The lowest BCUT2D eigenvalue weighted by Gasteiger charge is -2.38. The summed E-state index contributed by atoms with van der Waals surface area (Å²) in [5.74, 6) is -0.247. The number of likely N-dealkylation sites (N-methyl/N-ethyl adjacent to an activating group) is 1. The van der Waals surface area contributed by atoms with E-state index >= 15 is 0 Å². The molecule has 0 atom stereocenters. The Morgan fingerprint density at radius 2 is 1.81 bits per heavy atom. The number of hydrogen-bond acceptors (Lipinski definition) is 6. The summed E-state index contributed by atoms with van der Waals surface area (Å²) in [6.07, 6.45) is 3.63. The van der Waals surface area contributed by atoms with Crippen molar-refractivity contribution >= 4 is 23.5 Å². The molecule has 0 saturated carbocycles. The summed E-state index contributed by atoms with van der Waals surface area (Å²) >= 11 is 0. The molecule has 2 aromatic carbocycles. The lowest BCUT2D eigenvalue weighted by atomic mass is 9.80. The molecule has 8 nitrogen and oxygen atoms in total. The minimum atomic E-state index is -0.555. The maximum absolute atomic E-state index is 12.8. The Labute approximate surface area is 185 Å². The van der Waals surface area contributed by atoms with Gasteiger partial charge in [-0.05, 0) is 23.3 Å². The van der Waals surface area contributed by atoms with Crippen molar-refractivity contribution in [1.82, 2.24) is 14.9 Å². The average Bonchev–Trinajstić information content (AvgIpc) is 3.14. The Bertz CT molecular complexity index is 1180. The molecule has 1 saturated heterocycles. The van der Waals surface area contributed by atoms with E-state index in [-0.39, 0.29) is 17.9 Å². The summed E-state index contributed by atoms with van der Waals surface area (Å²) < 4.78 is 5.54. The third kappa shape index (κ3) is 3.38. The van der Waals surface area contributed by atoms with E-state index in [2.05, 4.69) is 9.97 Å². The summed E-state index contributed by atoms with van der Waals surface area (Å²) in [5.41, 5.74) is 9.59. The van der Waals surface area contributed by atoms with Crippen molar-refractivity contribution in [2.45, 2.75) is 5.41 Å². The number of primary amides is 1. The molecule has 2 amide bonds. The monoisotopic (exact) mass is 429 g/mol. The zero-order valence-electron chi connectivity index (χ0n) is 17.7. The van der Waals surface area contributed by atoms with Crippen LogP contribution in [0.4, 0.5) is 11.6 Å². The molecule has 0 bridgehead atoms. The number of nitrogens with two attached hydrogens (primary N) is 1. The number of aromatic nitrogens is 2. The molecular weight excluding hydrogens is 406 g/mol. The first kappa shape index (κ1) is 20.1. The zero-order chi connectivity index (χ0) is 22.3. The van der Waals surface area contributed by atoms with Gasteiger partial charge in [-0.2, -0.15) is 0 Å². The number of rotatable bonds is 5. The van der Waals surface area contributed by atoms with Crippen LogP contribution in [-0.2, 0) is 14.9 Å². The summed E-state index contributed by atoms with van der Waals surface area (Å²) in [4.78, 5) is 36.6. The third-order valence-electron chi connectivity index (χ3n) is 6.05. The van der Waals surface area contributed by atoms with Crippen LogP contribution < -0.4 is 10.6 Å². The van der Waals surface area contributed by atoms with Crippen molar-refractivity contribution in [3.8, 4) is 11.1 Å². The van der Waals surface area contributed by atoms with Crippen molar-refractivity contribution < 1.29 is 14.3 Å². The number of carbonyl (C=O) groups excluding carboxylic acids is 2. The van der Waals surface area contributed by atoms with Crippen molar-refractivity contribution in [3.05, 3.63) is 72.1 Å². The van der Waals surface area contributed by atoms with Crippen molar-refractivity contribution in [2.24, 2.45) is 5.73 Å². The molecule has 5 rings (SSSR count). The fourth-order valence-corrected chi connectivity index (χ4v) is 4.35. The summed E-state index contributed by atoms with van der Waals surface area (Å²) in [6, 6.07) is 15.6. The highest BCUT2D eigenvalue weighted by atomic mass is 16.5. The maximum Gasteiger partial charge on any atom is 0.254 e. The van der Waals surface area contributed by atoms with Crippen molar-refractivity contribution in [1.29, 1.82) is 0 Å². The highest BCUT2D eigenvalue weighted by Gasteiger charge is 2.49. The second-order valence-electron chi connectivity index (χ2n) is 8.36. The fraction of sp³-hybridized carbons (Fsp3) is 0.250. The molecule has 2 N–H and O–H groups in total. The average molecular weight is 429 g/mol. The molecular formula is C24H23N5O3. The van der Waals surface area contributed by atoms with E-state index in [1.807, 2.05) is 59.8 Å². The van der Waals surface area contributed by atoms with Crippen LogP contribution in [0.1, 0.15) is 15.9 Å². The molecule has 1 aromatic heterocycles. The number of fused-ring (bicyclic) bond motifs is 2. The Balaban J connectivity index is 1.49. The Hall–Kier alpha value is -3.78. The zero-order valence-corrected chi connectivity index (χ0v) is 17.7. The van der Waals surface area contributed by atoms with E-state index in [9.17, 15) is 9.59 Å². The minimum Gasteiger partial charge on any atom is -0.379 e. The number of carbonyl (C=O) groups is 2. The van der Waals surface area contributed by atoms with Gasteiger partial charge in [0.1, 0.15) is 0 Å². The van der Waals surface area contributed by atoms with E-state index in [0.717, 1.165) is 22.4 Å². The summed E-state index contributed by atoms with van der Waals surface area (Å²) in [5, 5.41) is 0. The van der Waals surface area contributed by atoms with Gasteiger partial charge < -0.3 is 20.3 Å². The van der Waals surface area contributed by atoms with Gasteiger partial charge in [0.15, 0.2) is 0 Å². The van der Waals surface area contributed by atoms with E-state index in [1.165, 1.54) is 4.90 Å². The van der Waals surface area contributed by atoms with Crippen LogP contribution in [0.15, 0.2) is 60.9 Å². The van der Waals surface area contributed by atoms with Gasteiger partial charge in [0, 0.05) is 42.8 Å². The lowest BCUT2D eigenvalue weighted by Crippen LogP contribution is -2.49. The quantitative estimate of drug-likeness (QED) is 0.667. The Morgan fingerprint density at radius 3 is 2.44 bits per heavy atom. The van der Waals surface area contributed by atoms with Gasteiger partial charge in [-0.15, -0.1) is 0 Å². The van der Waals surface area contributed by atoms with E-state index in [4.69, 9.17) is 10.5 Å². The fourth-order valence-electron chi connectivity index (χ4n) is 4.35. The van der Waals surface area contributed by atoms with Crippen LogP contribution in [0, 0.1) is 0 Å². The maximum atomic E-state index is 12.8. The van der Waals surface area contributed by atoms with Crippen LogP contribution >= 0.6 is 0 Å². The van der Waals surface area contributed by atoms with Crippen LogP contribution in [0.3, 0.4) is 0 Å². The highest BCUT2D eigenvalue weighted by molar-refractivity contribution is 5.97. The number of nitrogens with zero attached hydrogens (tertiary/aromatic N) is 4. The number of ether oxygens (including phenoxy) is 1. The first-order chi connectivity index (χ1) is 15.5. The molecule has 32 heavy (non-hydrogen) atoms. The first-order valence-corrected chi connectivity index (χ1v) is 10.4. The van der Waals surface area contributed by atoms with Gasteiger partial charge in [0.05, 0.1) is 25.2 Å². The van der Waals surface area contributed by atoms with Gasteiger partial charge in [0.2, 0.25) is 11.9 Å². The molecule has 162 valence electrons. The molecule has 3 aromatic rings. The van der Waals surface area contributed by atoms with Gasteiger partial charge in [-0.3, -0.25) is 9.59 Å². The molecule has 0 radical (unpaired) electrons. The smallest absolute Gasteiger partial charge is 0.254 e. The predicted molar refractivity (Wildman–Crippen MR) is 120 cm³/mol. The Kier molecular flexibility index (Phi) is 4.86. The molecule has 0 unspecified atom stereocenters.